The molecule has 0 bridgehead atoms. The smallest absolute Gasteiger partial charge is 0.0223 e. The fraction of sp³-hybridized carbons (Fsp3) is 1.00. The standard InChI is InChI=1S/C15H31N3/c1-16-9-5-2-3-6-10-17-12-13-18-11-7-4-8-15(18)14-17/h15-16H,2-14H2,1H3. The lowest BCUT2D eigenvalue weighted by atomic mass is 9.99. The van der Waals surface area contributed by atoms with Crippen LogP contribution in [-0.4, -0.2) is 62.2 Å². The summed E-state index contributed by atoms with van der Waals surface area (Å²) in [6.07, 6.45) is 9.87. The van der Waals surface area contributed by atoms with Crippen molar-refractivity contribution in [1.29, 1.82) is 0 Å². The molecule has 0 aliphatic carbocycles. The maximum absolute atomic E-state index is 3.22. The van der Waals surface area contributed by atoms with Gasteiger partial charge in [0.05, 0.1) is 0 Å². The fourth-order valence-corrected chi connectivity index (χ4v) is 3.41. The number of fused-ring (bicyclic) bond motifs is 1. The summed E-state index contributed by atoms with van der Waals surface area (Å²) < 4.78 is 0. The Bertz CT molecular complexity index is 220. The van der Waals surface area contributed by atoms with Crippen LogP contribution in [0.15, 0.2) is 0 Å². The van der Waals surface area contributed by atoms with Gasteiger partial charge in [0.2, 0.25) is 0 Å². The van der Waals surface area contributed by atoms with Crippen LogP contribution in [0.4, 0.5) is 0 Å². The maximum atomic E-state index is 3.22. The molecule has 2 saturated heterocycles. The Balaban J connectivity index is 1.54. The molecule has 3 nitrogen and oxygen atoms in total. The minimum absolute atomic E-state index is 0.886. The zero-order chi connectivity index (χ0) is 12.6. The Kier molecular flexibility index (Phi) is 6.46. The predicted molar refractivity (Wildman–Crippen MR) is 78.0 cm³/mol. The number of piperidine rings is 1. The van der Waals surface area contributed by atoms with Gasteiger partial charge in [-0.3, -0.25) is 4.90 Å². The number of hydrogen-bond acceptors (Lipinski definition) is 3. The van der Waals surface area contributed by atoms with Gasteiger partial charge in [0, 0.05) is 25.7 Å². The molecule has 0 saturated carbocycles. The van der Waals surface area contributed by atoms with Crippen LogP contribution in [0.1, 0.15) is 44.9 Å². The molecule has 18 heavy (non-hydrogen) atoms. The maximum Gasteiger partial charge on any atom is 0.0223 e. The summed E-state index contributed by atoms with van der Waals surface area (Å²) in [5.41, 5.74) is 0. The molecule has 2 aliphatic rings. The lowest BCUT2D eigenvalue weighted by Crippen LogP contribution is -2.54. The molecule has 0 radical (unpaired) electrons. The molecule has 2 fully saturated rings. The molecule has 2 rings (SSSR count). The van der Waals surface area contributed by atoms with E-state index in [0.717, 1.165) is 6.04 Å². The lowest BCUT2D eigenvalue weighted by Gasteiger charge is -2.44. The molecule has 1 unspecified atom stereocenters. The summed E-state index contributed by atoms with van der Waals surface area (Å²) in [5.74, 6) is 0. The fourth-order valence-electron chi connectivity index (χ4n) is 3.41. The van der Waals surface area contributed by atoms with Crippen LogP contribution in [0.2, 0.25) is 0 Å². The van der Waals surface area contributed by atoms with Crippen molar-refractivity contribution in [2.24, 2.45) is 0 Å². The number of piperazine rings is 1. The molecular weight excluding hydrogens is 222 g/mol. The van der Waals surface area contributed by atoms with E-state index >= 15 is 0 Å². The third-order valence-electron chi connectivity index (χ3n) is 4.57. The highest BCUT2D eigenvalue weighted by molar-refractivity contribution is 4.84. The summed E-state index contributed by atoms with van der Waals surface area (Å²) in [5, 5.41) is 3.22. The average Bonchev–Trinajstić information content (AvgIpc) is 2.42. The highest BCUT2D eigenvalue weighted by Crippen LogP contribution is 2.21. The van der Waals surface area contributed by atoms with Crippen molar-refractivity contribution in [2.45, 2.75) is 51.0 Å². The van der Waals surface area contributed by atoms with Crippen molar-refractivity contribution in [2.75, 3.05) is 46.3 Å². The zero-order valence-electron chi connectivity index (χ0n) is 12.2. The van der Waals surface area contributed by atoms with Gasteiger partial charge >= 0.3 is 0 Å². The van der Waals surface area contributed by atoms with Crippen LogP contribution in [0.3, 0.4) is 0 Å². The topological polar surface area (TPSA) is 18.5 Å². The summed E-state index contributed by atoms with van der Waals surface area (Å²) in [7, 11) is 2.05. The van der Waals surface area contributed by atoms with E-state index in [1.165, 1.54) is 84.2 Å². The Labute approximate surface area is 113 Å². The van der Waals surface area contributed by atoms with Crippen LogP contribution < -0.4 is 5.32 Å². The molecule has 106 valence electrons. The van der Waals surface area contributed by atoms with E-state index in [2.05, 4.69) is 15.1 Å². The average molecular weight is 253 g/mol. The SMILES string of the molecule is CNCCCCCCN1CCN2CCCCC2C1. The van der Waals surface area contributed by atoms with Crippen molar-refractivity contribution >= 4 is 0 Å². The van der Waals surface area contributed by atoms with Crippen molar-refractivity contribution in [3.05, 3.63) is 0 Å². The molecule has 2 aliphatic heterocycles. The van der Waals surface area contributed by atoms with Crippen molar-refractivity contribution in [3.8, 4) is 0 Å². The van der Waals surface area contributed by atoms with Gasteiger partial charge in [-0.15, -0.1) is 0 Å². The summed E-state index contributed by atoms with van der Waals surface area (Å²) in [6.45, 7) is 7.86. The van der Waals surface area contributed by atoms with Gasteiger partial charge in [-0.05, 0) is 52.4 Å². The van der Waals surface area contributed by atoms with E-state index in [9.17, 15) is 0 Å². The van der Waals surface area contributed by atoms with E-state index < -0.39 is 0 Å². The molecule has 0 amide bonds. The van der Waals surface area contributed by atoms with Crippen LogP contribution in [0.25, 0.3) is 0 Å². The van der Waals surface area contributed by atoms with E-state index in [4.69, 9.17) is 0 Å². The van der Waals surface area contributed by atoms with Crippen LogP contribution in [0.5, 0.6) is 0 Å². The van der Waals surface area contributed by atoms with Gasteiger partial charge in [-0.1, -0.05) is 19.3 Å². The van der Waals surface area contributed by atoms with Crippen molar-refractivity contribution in [1.82, 2.24) is 15.1 Å². The molecule has 0 aromatic rings. The Morgan fingerprint density at radius 3 is 2.78 bits per heavy atom. The number of nitrogens with zero attached hydrogens (tertiary/aromatic N) is 2. The van der Waals surface area contributed by atoms with Gasteiger partial charge in [0.15, 0.2) is 0 Å². The van der Waals surface area contributed by atoms with Crippen molar-refractivity contribution < 1.29 is 0 Å². The number of nitrogens with one attached hydrogen (secondary N) is 1. The number of unbranched alkanes of at least 4 members (excludes halogenated alkanes) is 3. The Morgan fingerprint density at radius 2 is 1.89 bits per heavy atom. The van der Waals surface area contributed by atoms with Gasteiger partial charge in [0.25, 0.3) is 0 Å². The highest BCUT2D eigenvalue weighted by atomic mass is 15.3. The second-order valence-electron chi connectivity index (χ2n) is 6.00. The third kappa shape index (κ3) is 4.52. The first kappa shape index (κ1) is 14.3. The van der Waals surface area contributed by atoms with Gasteiger partial charge < -0.3 is 10.2 Å². The van der Waals surface area contributed by atoms with Crippen LogP contribution in [-0.2, 0) is 0 Å². The quantitative estimate of drug-likeness (QED) is 0.700. The molecule has 0 aromatic heterocycles. The molecule has 3 heteroatoms. The minimum Gasteiger partial charge on any atom is -0.320 e. The first-order chi connectivity index (χ1) is 8.90. The summed E-state index contributed by atoms with van der Waals surface area (Å²) in [6, 6.07) is 0.886. The number of hydrogen-bond donors (Lipinski definition) is 1. The van der Waals surface area contributed by atoms with E-state index in [1.807, 2.05) is 7.05 Å². The Hall–Kier alpha value is -0.120. The minimum atomic E-state index is 0.886. The third-order valence-corrected chi connectivity index (χ3v) is 4.57. The highest BCUT2D eigenvalue weighted by Gasteiger charge is 2.28. The lowest BCUT2D eigenvalue weighted by molar-refractivity contribution is 0.0486. The molecule has 1 atom stereocenters. The van der Waals surface area contributed by atoms with Gasteiger partial charge in [-0.25, -0.2) is 0 Å². The first-order valence-electron chi connectivity index (χ1n) is 8.01. The van der Waals surface area contributed by atoms with E-state index in [-0.39, 0.29) is 0 Å². The molecular formula is C15H31N3. The van der Waals surface area contributed by atoms with Crippen molar-refractivity contribution in [3.63, 3.8) is 0 Å². The first-order valence-corrected chi connectivity index (χ1v) is 8.01. The Morgan fingerprint density at radius 1 is 1.00 bits per heavy atom. The largest absolute Gasteiger partial charge is 0.320 e. The zero-order valence-corrected chi connectivity index (χ0v) is 12.2. The van der Waals surface area contributed by atoms with Crippen LogP contribution in [0, 0.1) is 0 Å². The molecule has 0 spiro atoms. The number of rotatable bonds is 7. The summed E-state index contributed by atoms with van der Waals surface area (Å²) in [4.78, 5) is 5.44. The summed E-state index contributed by atoms with van der Waals surface area (Å²) >= 11 is 0. The molecule has 0 aromatic carbocycles. The van der Waals surface area contributed by atoms with Gasteiger partial charge in [-0.2, -0.15) is 0 Å². The van der Waals surface area contributed by atoms with Gasteiger partial charge in [0.1, 0.15) is 0 Å². The van der Waals surface area contributed by atoms with E-state index in [1.54, 1.807) is 0 Å². The second-order valence-corrected chi connectivity index (χ2v) is 6.00. The second kappa shape index (κ2) is 8.13. The van der Waals surface area contributed by atoms with Crippen LogP contribution >= 0.6 is 0 Å². The molecule has 2 heterocycles. The normalized spacial score (nSPS) is 26.2. The van der Waals surface area contributed by atoms with E-state index in [0.29, 0.717) is 0 Å². The predicted octanol–water partition coefficient (Wildman–Crippen LogP) is 1.94. The monoisotopic (exact) mass is 253 g/mol. The molecule has 1 N–H and O–H groups in total.